The number of rotatable bonds is 10. The molecular weight excluding hydrogens is 512 g/mol. The van der Waals surface area contributed by atoms with Crippen molar-refractivity contribution >= 4 is 0 Å². The van der Waals surface area contributed by atoms with E-state index in [0.29, 0.717) is 13.2 Å². The lowest BCUT2D eigenvalue weighted by atomic mass is 10.0. The van der Waals surface area contributed by atoms with Crippen molar-refractivity contribution in [2.75, 3.05) is 0 Å². The third-order valence-electron chi connectivity index (χ3n) is 7.44. The fourth-order valence-electron chi connectivity index (χ4n) is 5.15. The van der Waals surface area contributed by atoms with E-state index in [1.165, 1.54) is 27.8 Å². The maximum Gasteiger partial charge on any atom is 0.120 e. The van der Waals surface area contributed by atoms with E-state index in [0.717, 1.165) is 40.2 Å². The number of hydrogen-bond acceptors (Lipinski definition) is 2. The highest BCUT2D eigenvalue weighted by molar-refractivity contribution is 5.67. The van der Waals surface area contributed by atoms with Crippen LogP contribution in [0, 0.1) is 0 Å². The van der Waals surface area contributed by atoms with E-state index in [-0.39, 0.29) is 0 Å². The Bertz CT molecular complexity index is 1770. The molecule has 0 saturated heterocycles. The molecule has 2 heteroatoms. The number of benzene rings is 6. The second kappa shape index (κ2) is 13.1. The lowest BCUT2D eigenvalue weighted by molar-refractivity contribution is 0.306. The van der Waals surface area contributed by atoms with Gasteiger partial charge in [0.05, 0.1) is 0 Å². The van der Waals surface area contributed by atoms with Crippen molar-refractivity contribution in [3.05, 3.63) is 168 Å². The Morgan fingerprint density at radius 1 is 0.357 bits per heavy atom. The van der Waals surface area contributed by atoms with Gasteiger partial charge in [0.15, 0.2) is 0 Å². The standard InChI is InChI=1S/C40H34O2/c1-2-30-11-6-17-35(23-30)37-19-9-21-39(26-37)42-29-32-13-8-18-36(25-32)38-20-10-22-40(27-38)41-28-31-12-7-16-34(24-31)33-14-4-3-5-15-33/h3-27H,2,28-29H2,1H3. The first-order chi connectivity index (χ1) is 20.7. The minimum absolute atomic E-state index is 0.500. The van der Waals surface area contributed by atoms with E-state index in [4.69, 9.17) is 9.47 Å². The Morgan fingerprint density at radius 2 is 0.738 bits per heavy atom. The molecule has 0 N–H and O–H groups in total. The van der Waals surface area contributed by atoms with Gasteiger partial charge in [-0.3, -0.25) is 0 Å². The molecule has 42 heavy (non-hydrogen) atoms. The van der Waals surface area contributed by atoms with Crippen LogP contribution in [0.4, 0.5) is 0 Å². The van der Waals surface area contributed by atoms with Crippen molar-refractivity contribution in [3.63, 3.8) is 0 Å². The summed E-state index contributed by atoms with van der Waals surface area (Å²) in [5.41, 5.74) is 10.6. The Kier molecular flexibility index (Phi) is 8.43. The molecule has 0 aliphatic carbocycles. The monoisotopic (exact) mass is 546 g/mol. The van der Waals surface area contributed by atoms with Crippen LogP contribution in [0.2, 0.25) is 0 Å². The fraction of sp³-hybridized carbons (Fsp3) is 0.100. The summed E-state index contributed by atoms with van der Waals surface area (Å²) in [6, 6.07) is 52.8. The van der Waals surface area contributed by atoms with E-state index >= 15 is 0 Å². The molecule has 0 aliphatic heterocycles. The van der Waals surface area contributed by atoms with Gasteiger partial charge in [0, 0.05) is 0 Å². The van der Waals surface area contributed by atoms with Crippen LogP contribution in [0.25, 0.3) is 33.4 Å². The van der Waals surface area contributed by atoms with E-state index in [1.807, 2.05) is 24.3 Å². The molecule has 0 amide bonds. The molecule has 6 aromatic carbocycles. The minimum Gasteiger partial charge on any atom is -0.489 e. The first-order valence-corrected chi connectivity index (χ1v) is 14.5. The van der Waals surface area contributed by atoms with E-state index in [9.17, 15) is 0 Å². The smallest absolute Gasteiger partial charge is 0.120 e. The largest absolute Gasteiger partial charge is 0.489 e. The molecule has 6 rings (SSSR count). The summed E-state index contributed by atoms with van der Waals surface area (Å²) in [7, 11) is 0. The zero-order chi connectivity index (χ0) is 28.6. The first-order valence-electron chi connectivity index (χ1n) is 14.5. The molecule has 0 aliphatic rings. The van der Waals surface area contributed by atoms with Gasteiger partial charge in [0.2, 0.25) is 0 Å². The highest BCUT2D eigenvalue weighted by Crippen LogP contribution is 2.28. The van der Waals surface area contributed by atoms with Crippen molar-refractivity contribution in [2.24, 2.45) is 0 Å². The Labute approximate surface area is 248 Å². The topological polar surface area (TPSA) is 18.5 Å². The molecule has 6 aromatic rings. The van der Waals surface area contributed by atoms with Crippen molar-refractivity contribution in [3.8, 4) is 44.9 Å². The van der Waals surface area contributed by atoms with Gasteiger partial charge in [-0.15, -0.1) is 0 Å². The molecule has 0 aromatic heterocycles. The molecule has 2 nitrogen and oxygen atoms in total. The van der Waals surface area contributed by atoms with Gasteiger partial charge in [0.1, 0.15) is 24.7 Å². The van der Waals surface area contributed by atoms with Crippen LogP contribution in [0.15, 0.2) is 152 Å². The predicted molar refractivity (Wildman–Crippen MR) is 174 cm³/mol. The van der Waals surface area contributed by atoms with Gasteiger partial charge in [0.25, 0.3) is 0 Å². The summed E-state index contributed by atoms with van der Waals surface area (Å²) in [6.45, 7) is 3.20. The van der Waals surface area contributed by atoms with Crippen molar-refractivity contribution < 1.29 is 9.47 Å². The van der Waals surface area contributed by atoms with Crippen LogP contribution in [-0.4, -0.2) is 0 Å². The molecular formula is C40H34O2. The van der Waals surface area contributed by atoms with Crippen LogP contribution < -0.4 is 9.47 Å². The Hall–Kier alpha value is -5.08. The van der Waals surface area contributed by atoms with E-state index in [1.54, 1.807) is 0 Å². The van der Waals surface area contributed by atoms with Crippen LogP contribution in [0.5, 0.6) is 11.5 Å². The molecule has 0 saturated carbocycles. The second-order valence-electron chi connectivity index (χ2n) is 10.5. The molecule has 0 unspecified atom stereocenters. The summed E-state index contributed by atoms with van der Waals surface area (Å²) < 4.78 is 12.4. The molecule has 0 radical (unpaired) electrons. The summed E-state index contributed by atoms with van der Waals surface area (Å²) in [6.07, 6.45) is 1.03. The first kappa shape index (κ1) is 27.1. The Morgan fingerprint density at radius 3 is 1.24 bits per heavy atom. The average Bonchev–Trinajstić information content (AvgIpc) is 3.07. The maximum atomic E-state index is 6.23. The zero-order valence-corrected chi connectivity index (χ0v) is 23.9. The van der Waals surface area contributed by atoms with Crippen LogP contribution in [0.1, 0.15) is 23.6 Å². The lowest BCUT2D eigenvalue weighted by Crippen LogP contribution is -1.97. The molecule has 0 bridgehead atoms. The Balaban J connectivity index is 1.11. The zero-order valence-electron chi connectivity index (χ0n) is 23.9. The average molecular weight is 547 g/mol. The van der Waals surface area contributed by atoms with Crippen molar-refractivity contribution in [1.29, 1.82) is 0 Å². The van der Waals surface area contributed by atoms with E-state index < -0.39 is 0 Å². The number of hydrogen-bond donors (Lipinski definition) is 0. The SMILES string of the molecule is CCc1cccc(-c2cccc(OCc3cccc(-c4cccc(OCc5cccc(-c6ccccc6)c5)c4)c3)c2)c1. The highest BCUT2D eigenvalue weighted by atomic mass is 16.5. The van der Waals surface area contributed by atoms with Crippen LogP contribution in [-0.2, 0) is 19.6 Å². The third-order valence-corrected chi connectivity index (χ3v) is 7.44. The van der Waals surface area contributed by atoms with Crippen molar-refractivity contribution in [2.45, 2.75) is 26.6 Å². The molecule has 206 valence electrons. The van der Waals surface area contributed by atoms with Crippen LogP contribution >= 0.6 is 0 Å². The van der Waals surface area contributed by atoms with Gasteiger partial charge in [-0.05, 0) is 92.9 Å². The van der Waals surface area contributed by atoms with Gasteiger partial charge in [-0.1, -0.05) is 122 Å². The van der Waals surface area contributed by atoms with Gasteiger partial charge >= 0.3 is 0 Å². The summed E-state index contributed by atoms with van der Waals surface area (Å²) in [5, 5.41) is 0. The summed E-state index contributed by atoms with van der Waals surface area (Å²) in [5.74, 6) is 1.72. The molecule has 0 atom stereocenters. The highest BCUT2D eigenvalue weighted by Gasteiger charge is 2.06. The second-order valence-corrected chi connectivity index (χ2v) is 10.5. The molecule has 0 heterocycles. The quantitative estimate of drug-likeness (QED) is 0.170. The van der Waals surface area contributed by atoms with Crippen molar-refractivity contribution in [1.82, 2.24) is 0 Å². The van der Waals surface area contributed by atoms with Gasteiger partial charge in [-0.2, -0.15) is 0 Å². The van der Waals surface area contributed by atoms with Gasteiger partial charge in [-0.25, -0.2) is 0 Å². The summed E-state index contributed by atoms with van der Waals surface area (Å²) in [4.78, 5) is 0. The normalized spacial score (nSPS) is 10.8. The molecule has 0 fully saturated rings. The maximum absolute atomic E-state index is 6.23. The number of aryl methyl sites for hydroxylation is 1. The van der Waals surface area contributed by atoms with Crippen LogP contribution in [0.3, 0.4) is 0 Å². The summed E-state index contributed by atoms with van der Waals surface area (Å²) >= 11 is 0. The molecule has 0 spiro atoms. The minimum atomic E-state index is 0.500. The van der Waals surface area contributed by atoms with Gasteiger partial charge < -0.3 is 9.47 Å². The van der Waals surface area contributed by atoms with E-state index in [2.05, 4.69) is 134 Å². The fourth-order valence-corrected chi connectivity index (χ4v) is 5.15. The third kappa shape index (κ3) is 6.79. The number of ether oxygens (including phenoxy) is 2. The lowest BCUT2D eigenvalue weighted by Gasteiger charge is -2.12. The predicted octanol–water partition coefficient (Wildman–Crippen LogP) is 10.4.